The van der Waals surface area contributed by atoms with Crippen LogP contribution in [0.4, 0.5) is 0 Å². The van der Waals surface area contributed by atoms with Crippen LogP contribution in [0.1, 0.15) is 24.0 Å². The lowest BCUT2D eigenvalue weighted by Gasteiger charge is -2.19. The number of hydrogen-bond acceptors (Lipinski definition) is 5. The molecule has 0 atom stereocenters. The van der Waals surface area contributed by atoms with Crippen molar-refractivity contribution >= 4 is 28.3 Å². The Morgan fingerprint density at radius 3 is 2.70 bits per heavy atom. The van der Waals surface area contributed by atoms with Crippen molar-refractivity contribution in [3.05, 3.63) is 29.3 Å². The lowest BCUT2D eigenvalue weighted by Crippen LogP contribution is -2.31. The molecule has 110 valence electrons. The molecule has 1 aliphatic carbocycles. The second kappa shape index (κ2) is 4.91. The number of fused-ring (bicyclic) bond motifs is 1. The molecule has 0 amide bonds. The molecular formula is C12H16ClN3O3S. The van der Waals surface area contributed by atoms with Crippen LogP contribution in [0.15, 0.2) is 22.6 Å². The van der Waals surface area contributed by atoms with E-state index in [1.807, 2.05) is 0 Å². The van der Waals surface area contributed by atoms with Gasteiger partial charge in [0.05, 0.1) is 16.9 Å². The molecule has 0 saturated heterocycles. The minimum atomic E-state index is -3.51. The Morgan fingerprint density at radius 2 is 2.05 bits per heavy atom. The van der Waals surface area contributed by atoms with Gasteiger partial charge in [0.25, 0.3) is 10.0 Å². The number of nitrogens with zero attached hydrogens (tertiary/aromatic N) is 1. The molecular weight excluding hydrogens is 302 g/mol. The van der Waals surface area contributed by atoms with Crippen molar-refractivity contribution in [1.29, 1.82) is 0 Å². The molecule has 1 heterocycles. The summed E-state index contributed by atoms with van der Waals surface area (Å²) in [5.41, 5.74) is 12.7. The van der Waals surface area contributed by atoms with E-state index in [4.69, 9.17) is 16.2 Å². The van der Waals surface area contributed by atoms with Gasteiger partial charge in [0.15, 0.2) is 0 Å². The normalized spacial score (nSPS) is 21.1. The van der Waals surface area contributed by atoms with E-state index in [0.29, 0.717) is 23.5 Å². The molecule has 8 heteroatoms. The lowest BCUT2D eigenvalue weighted by atomic mass is 10.1. The lowest BCUT2D eigenvalue weighted by molar-refractivity contribution is 0.279. The first-order chi connectivity index (χ1) is 8.89. The van der Waals surface area contributed by atoms with E-state index in [2.05, 4.69) is 4.40 Å². The quantitative estimate of drug-likeness (QED) is 0.845. The molecule has 3 rings (SSSR count). The third-order valence-electron chi connectivity index (χ3n) is 3.35. The van der Waals surface area contributed by atoms with Crippen LogP contribution in [0, 0.1) is 0 Å². The van der Waals surface area contributed by atoms with Gasteiger partial charge < -0.3 is 16.2 Å². The number of halogens is 1. The fourth-order valence-electron chi connectivity index (χ4n) is 2.06. The maximum absolute atomic E-state index is 11.5. The van der Waals surface area contributed by atoms with Gasteiger partial charge in [-0.05, 0) is 24.5 Å². The van der Waals surface area contributed by atoms with E-state index in [0.717, 1.165) is 12.8 Å². The standard InChI is InChI=1S/C12H15N3O3S.ClH/c13-11-10-8(6-19(16,17)15-11)2-1-3-9(10)18-7-12(14)4-5-12;/h1-3H,4-7,14H2,(H2,13,15);1H. The maximum Gasteiger partial charge on any atom is 0.259 e. The fraction of sp³-hybridized carbons (Fsp3) is 0.417. The summed E-state index contributed by atoms with van der Waals surface area (Å²) in [6, 6.07) is 5.22. The molecule has 1 fully saturated rings. The predicted octanol–water partition coefficient (Wildman–Crippen LogP) is 0.527. The Morgan fingerprint density at radius 1 is 1.35 bits per heavy atom. The zero-order chi connectivity index (χ0) is 13.7. The van der Waals surface area contributed by atoms with Crippen LogP contribution in [0.5, 0.6) is 5.75 Å². The van der Waals surface area contributed by atoms with Gasteiger partial charge in [-0.1, -0.05) is 12.1 Å². The first kappa shape index (κ1) is 15.1. The first-order valence-electron chi connectivity index (χ1n) is 6.01. The summed E-state index contributed by atoms with van der Waals surface area (Å²) in [6.45, 7) is 0.406. The first-order valence-corrected chi connectivity index (χ1v) is 7.62. The summed E-state index contributed by atoms with van der Waals surface area (Å²) in [5.74, 6) is 0.387. The molecule has 4 N–H and O–H groups in total. The van der Waals surface area contributed by atoms with E-state index in [-0.39, 0.29) is 29.5 Å². The molecule has 0 spiro atoms. The Labute approximate surface area is 123 Å². The molecule has 20 heavy (non-hydrogen) atoms. The van der Waals surface area contributed by atoms with E-state index < -0.39 is 10.0 Å². The van der Waals surface area contributed by atoms with Crippen LogP contribution in [-0.2, 0) is 15.8 Å². The summed E-state index contributed by atoms with van der Waals surface area (Å²) < 4.78 is 32.3. The molecule has 0 radical (unpaired) electrons. The minimum Gasteiger partial charge on any atom is -0.491 e. The van der Waals surface area contributed by atoms with E-state index in [1.54, 1.807) is 18.2 Å². The van der Waals surface area contributed by atoms with Crippen molar-refractivity contribution in [1.82, 2.24) is 0 Å². The van der Waals surface area contributed by atoms with Crippen molar-refractivity contribution < 1.29 is 13.2 Å². The molecule has 0 bridgehead atoms. The Kier molecular flexibility index (Phi) is 3.70. The van der Waals surface area contributed by atoms with Gasteiger partial charge in [0.2, 0.25) is 0 Å². The van der Waals surface area contributed by atoms with Crippen LogP contribution in [0.3, 0.4) is 0 Å². The molecule has 2 aliphatic rings. The Hall–Kier alpha value is -1.31. The highest BCUT2D eigenvalue weighted by Crippen LogP contribution is 2.34. The van der Waals surface area contributed by atoms with Gasteiger partial charge in [-0.2, -0.15) is 0 Å². The third-order valence-corrected chi connectivity index (χ3v) is 4.50. The van der Waals surface area contributed by atoms with Gasteiger partial charge in [0, 0.05) is 0 Å². The Bertz CT molecular complexity index is 669. The highest BCUT2D eigenvalue weighted by molar-refractivity contribution is 7.89. The SMILES string of the molecule is Cl.NC1=NS(=O)(=O)Cc2cccc(OCC3(N)CC3)c21. The summed E-state index contributed by atoms with van der Waals surface area (Å²) in [5, 5.41) is 0. The predicted molar refractivity (Wildman–Crippen MR) is 78.7 cm³/mol. The van der Waals surface area contributed by atoms with Crippen molar-refractivity contribution in [3.8, 4) is 5.75 Å². The van der Waals surface area contributed by atoms with Crippen LogP contribution < -0.4 is 16.2 Å². The second-order valence-electron chi connectivity index (χ2n) is 5.14. The zero-order valence-corrected chi connectivity index (χ0v) is 12.3. The zero-order valence-electron chi connectivity index (χ0n) is 10.7. The number of amidine groups is 1. The number of rotatable bonds is 3. The van der Waals surface area contributed by atoms with Crippen molar-refractivity contribution in [3.63, 3.8) is 0 Å². The van der Waals surface area contributed by atoms with Crippen molar-refractivity contribution in [2.75, 3.05) is 6.61 Å². The number of ether oxygens (including phenoxy) is 1. The molecule has 0 aromatic heterocycles. The monoisotopic (exact) mass is 317 g/mol. The average Bonchev–Trinajstić information content (AvgIpc) is 3.03. The minimum absolute atomic E-state index is 0. The number of nitrogens with two attached hydrogens (primary N) is 2. The fourth-order valence-corrected chi connectivity index (χ4v) is 3.15. The van der Waals surface area contributed by atoms with E-state index in [1.165, 1.54) is 0 Å². The largest absolute Gasteiger partial charge is 0.491 e. The van der Waals surface area contributed by atoms with Crippen LogP contribution >= 0.6 is 12.4 Å². The van der Waals surface area contributed by atoms with Crippen LogP contribution in [0.25, 0.3) is 0 Å². The smallest absolute Gasteiger partial charge is 0.259 e. The van der Waals surface area contributed by atoms with Gasteiger partial charge >= 0.3 is 0 Å². The maximum atomic E-state index is 11.5. The molecule has 6 nitrogen and oxygen atoms in total. The van der Waals surface area contributed by atoms with Gasteiger partial charge in [-0.25, -0.2) is 8.42 Å². The summed E-state index contributed by atoms with van der Waals surface area (Å²) in [4.78, 5) is 0. The van der Waals surface area contributed by atoms with Crippen LogP contribution in [0.2, 0.25) is 0 Å². The van der Waals surface area contributed by atoms with Gasteiger partial charge in [0.1, 0.15) is 18.2 Å². The number of hydrogen-bond donors (Lipinski definition) is 2. The molecule has 1 aliphatic heterocycles. The van der Waals surface area contributed by atoms with Gasteiger partial charge in [-0.15, -0.1) is 16.8 Å². The topological polar surface area (TPSA) is 108 Å². The summed E-state index contributed by atoms with van der Waals surface area (Å²) in [7, 11) is -3.51. The molecule has 1 aromatic rings. The third kappa shape index (κ3) is 2.89. The number of sulfonamides is 1. The Balaban J connectivity index is 0.00000147. The number of benzene rings is 1. The van der Waals surface area contributed by atoms with Crippen LogP contribution in [-0.4, -0.2) is 26.4 Å². The highest BCUT2D eigenvalue weighted by atomic mass is 35.5. The highest BCUT2D eigenvalue weighted by Gasteiger charge is 2.39. The van der Waals surface area contributed by atoms with E-state index >= 15 is 0 Å². The summed E-state index contributed by atoms with van der Waals surface area (Å²) >= 11 is 0. The van der Waals surface area contributed by atoms with E-state index in [9.17, 15) is 8.42 Å². The van der Waals surface area contributed by atoms with Crippen molar-refractivity contribution in [2.24, 2.45) is 15.9 Å². The molecule has 1 saturated carbocycles. The average molecular weight is 318 g/mol. The second-order valence-corrected chi connectivity index (χ2v) is 6.78. The molecule has 0 unspecified atom stereocenters. The van der Waals surface area contributed by atoms with Crippen molar-refractivity contribution in [2.45, 2.75) is 24.1 Å². The summed E-state index contributed by atoms with van der Waals surface area (Å²) in [6.07, 6.45) is 1.89. The van der Waals surface area contributed by atoms with Gasteiger partial charge in [-0.3, -0.25) is 0 Å². The molecule has 1 aromatic carbocycles.